The van der Waals surface area contributed by atoms with Crippen LogP contribution in [0.4, 0.5) is 0 Å². The van der Waals surface area contributed by atoms with Gasteiger partial charge in [0.15, 0.2) is 0 Å². The summed E-state index contributed by atoms with van der Waals surface area (Å²) < 4.78 is 27.2. The van der Waals surface area contributed by atoms with Crippen LogP contribution in [0.5, 0.6) is 0 Å². The number of benzene rings is 1. The highest BCUT2D eigenvalue weighted by molar-refractivity contribution is 7.89. The van der Waals surface area contributed by atoms with Gasteiger partial charge in [-0.05, 0) is 38.8 Å². The molecule has 0 radical (unpaired) electrons. The maximum absolute atomic E-state index is 12.4. The number of carbonyl (C=O) groups excluding carboxylic acids is 1. The van der Waals surface area contributed by atoms with E-state index in [4.69, 9.17) is 0 Å². The van der Waals surface area contributed by atoms with Crippen molar-refractivity contribution in [1.29, 1.82) is 0 Å². The molecule has 1 unspecified atom stereocenters. The Morgan fingerprint density at radius 3 is 2.17 bits per heavy atom. The molecular weight excluding hydrogens is 324 g/mol. The second-order valence-electron chi connectivity index (χ2n) is 6.71. The fourth-order valence-corrected chi connectivity index (χ4v) is 4.20. The van der Waals surface area contributed by atoms with Gasteiger partial charge in [0.25, 0.3) is 0 Å². The fraction of sp³-hybridized carbons (Fsp3) is 0.611. The third-order valence-electron chi connectivity index (χ3n) is 4.51. The number of rotatable bonds is 5. The van der Waals surface area contributed by atoms with Crippen LogP contribution >= 0.6 is 0 Å². The number of nitrogens with one attached hydrogen (secondary N) is 2. The summed E-state index contributed by atoms with van der Waals surface area (Å²) in [6.07, 6.45) is 7.88. The molecule has 0 saturated heterocycles. The van der Waals surface area contributed by atoms with Gasteiger partial charge in [0.2, 0.25) is 15.9 Å². The molecule has 134 valence electrons. The number of aryl methyl sites for hydroxylation is 1. The van der Waals surface area contributed by atoms with Crippen molar-refractivity contribution in [3.63, 3.8) is 0 Å². The third-order valence-corrected chi connectivity index (χ3v) is 6.06. The first-order chi connectivity index (χ1) is 11.4. The molecule has 1 atom stereocenters. The highest BCUT2D eigenvalue weighted by Gasteiger charge is 2.23. The van der Waals surface area contributed by atoms with Crippen molar-refractivity contribution >= 4 is 15.9 Å². The minimum absolute atomic E-state index is 0.157. The second-order valence-corrected chi connectivity index (χ2v) is 8.42. The molecule has 0 aliphatic heterocycles. The number of hydrogen-bond donors (Lipinski definition) is 2. The molecule has 2 N–H and O–H groups in total. The van der Waals surface area contributed by atoms with Gasteiger partial charge in [0.1, 0.15) is 0 Å². The van der Waals surface area contributed by atoms with Crippen LogP contribution in [0.2, 0.25) is 0 Å². The monoisotopic (exact) mass is 352 g/mol. The Balaban J connectivity index is 1.93. The predicted octanol–water partition coefficient (Wildman–Crippen LogP) is 2.89. The minimum atomic E-state index is -3.69. The van der Waals surface area contributed by atoms with E-state index in [2.05, 4.69) is 10.0 Å². The zero-order valence-electron chi connectivity index (χ0n) is 14.5. The molecule has 0 aromatic heterocycles. The van der Waals surface area contributed by atoms with E-state index >= 15 is 0 Å². The number of hydrogen-bond acceptors (Lipinski definition) is 3. The predicted molar refractivity (Wildman–Crippen MR) is 95.2 cm³/mol. The maximum atomic E-state index is 12.4. The van der Waals surface area contributed by atoms with E-state index in [0.717, 1.165) is 31.2 Å². The van der Waals surface area contributed by atoms with Gasteiger partial charge >= 0.3 is 0 Å². The first kappa shape index (κ1) is 18.9. The standard InChI is InChI=1S/C18H28N2O3S/c1-14-10-12-17(13-11-14)24(22,23)20-15(2)18(21)19-16-8-6-4-3-5-7-9-16/h10-13,15-16,20H,3-9H2,1-2H3,(H,19,21). The van der Waals surface area contributed by atoms with Crippen molar-refractivity contribution in [1.82, 2.24) is 10.0 Å². The summed E-state index contributed by atoms with van der Waals surface area (Å²) in [7, 11) is -3.69. The molecule has 1 fully saturated rings. The number of carbonyl (C=O) groups is 1. The van der Waals surface area contributed by atoms with Gasteiger partial charge in [-0.1, -0.05) is 49.8 Å². The van der Waals surface area contributed by atoms with Crippen LogP contribution in [-0.4, -0.2) is 26.4 Å². The van der Waals surface area contributed by atoms with E-state index in [-0.39, 0.29) is 16.8 Å². The summed E-state index contributed by atoms with van der Waals surface area (Å²) >= 11 is 0. The van der Waals surface area contributed by atoms with Gasteiger partial charge in [0, 0.05) is 6.04 Å². The average Bonchev–Trinajstić information content (AvgIpc) is 2.49. The van der Waals surface area contributed by atoms with Crippen LogP contribution in [0.1, 0.15) is 57.4 Å². The largest absolute Gasteiger partial charge is 0.352 e. The lowest BCUT2D eigenvalue weighted by atomic mass is 9.96. The van der Waals surface area contributed by atoms with Crippen LogP contribution in [0.25, 0.3) is 0 Å². The molecule has 5 nitrogen and oxygen atoms in total. The van der Waals surface area contributed by atoms with Crippen LogP contribution in [0, 0.1) is 6.92 Å². The Labute approximate surface area is 145 Å². The summed E-state index contributed by atoms with van der Waals surface area (Å²) in [5.74, 6) is -0.253. The molecule has 0 heterocycles. The fourth-order valence-electron chi connectivity index (χ4n) is 3.00. The summed E-state index contributed by atoms with van der Waals surface area (Å²) in [5.41, 5.74) is 0.990. The first-order valence-corrected chi connectivity index (χ1v) is 10.3. The maximum Gasteiger partial charge on any atom is 0.241 e. The molecule has 24 heavy (non-hydrogen) atoms. The number of sulfonamides is 1. The summed E-state index contributed by atoms with van der Waals surface area (Å²) in [6, 6.07) is 5.96. The molecular formula is C18H28N2O3S. The summed E-state index contributed by atoms with van der Waals surface area (Å²) in [4.78, 5) is 12.5. The third kappa shape index (κ3) is 5.60. The molecule has 1 aliphatic carbocycles. The van der Waals surface area contributed by atoms with E-state index in [1.54, 1.807) is 31.2 Å². The Morgan fingerprint density at radius 1 is 1.04 bits per heavy atom. The molecule has 2 rings (SSSR count). The summed E-state index contributed by atoms with van der Waals surface area (Å²) in [6.45, 7) is 3.48. The zero-order chi connectivity index (χ0) is 17.6. The van der Waals surface area contributed by atoms with Crippen LogP contribution < -0.4 is 10.0 Å². The highest BCUT2D eigenvalue weighted by Crippen LogP contribution is 2.17. The minimum Gasteiger partial charge on any atom is -0.352 e. The molecule has 0 bridgehead atoms. The zero-order valence-corrected chi connectivity index (χ0v) is 15.4. The molecule has 1 aromatic rings. The van der Waals surface area contributed by atoms with Gasteiger partial charge in [-0.3, -0.25) is 4.79 Å². The van der Waals surface area contributed by atoms with Crippen LogP contribution in [-0.2, 0) is 14.8 Å². The van der Waals surface area contributed by atoms with E-state index in [9.17, 15) is 13.2 Å². The Hall–Kier alpha value is -1.40. The Bertz CT molecular complexity index is 633. The van der Waals surface area contributed by atoms with Crippen molar-refractivity contribution in [2.45, 2.75) is 75.8 Å². The van der Waals surface area contributed by atoms with Crippen molar-refractivity contribution in [2.24, 2.45) is 0 Å². The van der Waals surface area contributed by atoms with E-state index < -0.39 is 16.1 Å². The SMILES string of the molecule is Cc1ccc(S(=O)(=O)NC(C)C(=O)NC2CCCCCCC2)cc1. The second kappa shape index (κ2) is 8.62. The van der Waals surface area contributed by atoms with Crippen molar-refractivity contribution in [3.05, 3.63) is 29.8 Å². The van der Waals surface area contributed by atoms with Gasteiger partial charge in [-0.15, -0.1) is 0 Å². The molecule has 6 heteroatoms. The summed E-state index contributed by atoms with van der Waals surface area (Å²) in [5, 5.41) is 3.00. The van der Waals surface area contributed by atoms with E-state index in [1.165, 1.54) is 19.3 Å². The Kier molecular flexibility index (Phi) is 6.80. The van der Waals surface area contributed by atoms with Crippen LogP contribution in [0.15, 0.2) is 29.2 Å². The van der Waals surface area contributed by atoms with Gasteiger partial charge in [0.05, 0.1) is 10.9 Å². The van der Waals surface area contributed by atoms with Gasteiger partial charge in [-0.2, -0.15) is 4.72 Å². The van der Waals surface area contributed by atoms with Gasteiger partial charge < -0.3 is 5.32 Å². The topological polar surface area (TPSA) is 75.3 Å². The first-order valence-electron chi connectivity index (χ1n) is 8.78. The lowest BCUT2D eigenvalue weighted by Gasteiger charge is -2.23. The van der Waals surface area contributed by atoms with Crippen molar-refractivity contribution < 1.29 is 13.2 Å². The van der Waals surface area contributed by atoms with E-state index in [1.807, 2.05) is 6.92 Å². The highest BCUT2D eigenvalue weighted by atomic mass is 32.2. The van der Waals surface area contributed by atoms with Crippen molar-refractivity contribution in [3.8, 4) is 0 Å². The smallest absolute Gasteiger partial charge is 0.241 e. The molecule has 1 saturated carbocycles. The quantitative estimate of drug-likeness (QED) is 0.855. The average molecular weight is 353 g/mol. The van der Waals surface area contributed by atoms with Gasteiger partial charge in [-0.25, -0.2) is 8.42 Å². The van der Waals surface area contributed by atoms with Crippen LogP contribution in [0.3, 0.4) is 0 Å². The molecule has 1 aromatic carbocycles. The Morgan fingerprint density at radius 2 is 1.58 bits per heavy atom. The number of amides is 1. The normalized spacial score (nSPS) is 18.4. The molecule has 0 spiro atoms. The molecule has 1 aliphatic rings. The van der Waals surface area contributed by atoms with Crippen molar-refractivity contribution in [2.75, 3.05) is 0 Å². The lowest BCUT2D eigenvalue weighted by molar-refractivity contribution is -0.123. The lowest BCUT2D eigenvalue weighted by Crippen LogP contribution is -2.48. The van der Waals surface area contributed by atoms with E-state index in [0.29, 0.717) is 0 Å². The molecule has 1 amide bonds.